The van der Waals surface area contributed by atoms with Gasteiger partial charge in [0.05, 0.1) is 12.0 Å². The molecule has 3 nitrogen and oxygen atoms in total. The summed E-state index contributed by atoms with van der Waals surface area (Å²) in [4.78, 5) is 13.6. The number of likely N-dealkylation sites (N-methyl/N-ethyl adjacent to an activating group) is 1. The summed E-state index contributed by atoms with van der Waals surface area (Å²) in [5, 5.41) is 9.83. The molecule has 0 bridgehead atoms. The van der Waals surface area contributed by atoms with Crippen LogP contribution in [0.1, 0.15) is 31.2 Å². The zero-order valence-corrected chi connectivity index (χ0v) is 11.6. The van der Waals surface area contributed by atoms with Crippen molar-refractivity contribution >= 4 is 5.91 Å². The molecule has 1 N–H and O–H groups in total. The Morgan fingerprint density at radius 2 is 1.95 bits per heavy atom. The highest BCUT2D eigenvalue weighted by molar-refractivity contribution is 5.83. The van der Waals surface area contributed by atoms with Crippen molar-refractivity contribution in [2.45, 2.75) is 31.8 Å². The highest BCUT2D eigenvalue weighted by Gasteiger charge is 2.32. The van der Waals surface area contributed by atoms with Crippen molar-refractivity contribution in [3.63, 3.8) is 0 Å². The maximum Gasteiger partial charge on any atom is 0.229 e. The Balaban J connectivity index is 2.07. The average Bonchev–Trinajstić information content (AvgIpc) is 3.21. The Kier molecular flexibility index (Phi) is 4.38. The van der Waals surface area contributed by atoms with E-state index in [0.717, 1.165) is 25.0 Å². The van der Waals surface area contributed by atoms with E-state index in [1.165, 1.54) is 17.9 Å². The molecule has 2 rings (SSSR count). The summed E-state index contributed by atoms with van der Waals surface area (Å²) >= 11 is 0. The first-order valence-electron chi connectivity index (χ1n) is 6.78. The van der Waals surface area contributed by atoms with Crippen molar-refractivity contribution in [2.24, 2.45) is 5.92 Å². The lowest BCUT2D eigenvalue weighted by atomic mass is 9.98. The number of benzene rings is 1. The minimum absolute atomic E-state index is 0.198. The standard InChI is InChI=1S/C15H19F2NO2/c1-9(14-11(16)4-3-5-12(14)17)15(20)18(2)8-13(19)10-6-7-10/h3-5,9-10,13,19H,6-8H2,1-2H3. The normalized spacial score (nSPS) is 17.6. The molecule has 0 saturated heterocycles. The zero-order chi connectivity index (χ0) is 14.9. The van der Waals surface area contributed by atoms with Crippen molar-refractivity contribution in [3.05, 3.63) is 35.4 Å². The lowest BCUT2D eigenvalue weighted by Gasteiger charge is -2.24. The van der Waals surface area contributed by atoms with Crippen LogP contribution in [-0.4, -0.2) is 35.6 Å². The van der Waals surface area contributed by atoms with E-state index in [1.807, 2.05) is 0 Å². The maximum absolute atomic E-state index is 13.7. The molecular formula is C15H19F2NO2. The molecule has 1 aliphatic carbocycles. The molecule has 2 unspecified atom stereocenters. The van der Waals surface area contributed by atoms with Crippen LogP contribution >= 0.6 is 0 Å². The largest absolute Gasteiger partial charge is 0.391 e. The molecule has 20 heavy (non-hydrogen) atoms. The molecule has 0 aliphatic heterocycles. The summed E-state index contributed by atoms with van der Waals surface area (Å²) in [6.45, 7) is 1.67. The molecule has 0 spiro atoms. The van der Waals surface area contributed by atoms with Crippen LogP contribution in [0.4, 0.5) is 8.78 Å². The molecule has 0 aromatic heterocycles. The van der Waals surface area contributed by atoms with E-state index < -0.39 is 29.6 Å². The predicted molar refractivity (Wildman–Crippen MR) is 71.1 cm³/mol. The van der Waals surface area contributed by atoms with Gasteiger partial charge < -0.3 is 10.0 Å². The fourth-order valence-electron chi connectivity index (χ4n) is 2.38. The lowest BCUT2D eigenvalue weighted by Crippen LogP contribution is -2.37. The summed E-state index contributed by atoms with van der Waals surface area (Å²) in [6, 6.07) is 3.55. The van der Waals surface area contributed by atoms with Crippen molar-refractivity contribution in [1.29, 1.82) is 0 Å². The Morgan fingerprint density at radius 3 is 2.45 bits per heavy atom. The molecule has 1 aromatic carbocycles. The van der Waals surface area contributed by atoms with Gasteiger partial charge in [-0.05, 0) is 37.8 Å². The third-order valence-electron chi connectivity index (χ3n) is 3.81. The number of halogens is 2. The van der Waals surface area contributed by atoms with Crippen molar-refractivity contribution in [1.82, 2.24) is 4.90 Å². The number of rotatable bonds is 5. The number of hydrogen-bond acceptors (Lipinski definition) is 2. The molecule has 5 heteroatoms. The second kappa shape index (κ2) is 5.87. The topological polar surface area (TPSA) is 40.5 Å². The molecule has 1 amide bonds. The Bertz CT molecular complexity index is 482. The van der Waals surface area contributed by atoms with E-state index in [1.54, 1.807) is 7.05 Å². The minimum Gasteiger partial charge on any atom is -0.391 e. The molecule has 0 heterocycles. The summed E-state index contributed by atoms with van der Waals surface area (Å²) < 4.78 is 27.3. The van der Waals surface area contributed by atoms with E-state index in [4.69, 9.17) is 0 Å². The number of aliphatic hydroxyl groups excluding tert-OH is 1. The molecule has 1 aromatic rings. The van der Waals surface area contributed by atoms with Crippen molar-refractivity contribution in [3.8, 4) is 0 Å². The van der Waals surface area contributed by atoms with Gasteiger partial charge >= 0.3 is 0 Å². The highest BCUT2D eigenvalue weighted by atomic mass is 19.1. The van der Waals surface area contributed by atoms with Crippen molar-refractivity contribution in [2.75, 3.05) is 13.6 Å². The SMILES string of the molecule is CC(C(=O)N(C)CC(O)C1CC1)c1c(F)cccc1F. The Labute approximate surface area is 117 Å². The van der Waals surface area contributed by atoms with Crippen LogP contribution in [-0.2, 0) is 4.79 Å². The first kappa shape index (κ1) is 14.9. The van der Waals surface area contributed by atoms with Gasteiger partial charge in [0, 0.05) is 19.2 Å². The third-order valence-corrected chi connectivity index (χ3v) is 3.81. The molecule has 2 atom stereocenters. The van der Waals surface area contributed by atoms with Crippen LogP contribution < -0.4 is 0 Å². The van der Waals surface area contributed by atoms with E-state index in [2.05, 4.69) is 0 Å². The monoisotopic (exact) mass is 283 g/mol. The summed E-state index contributed by atoms with van der Waals surface area (Å²) in [5.74, 6) is -2.49. The molecule has 1 saturated carbocycles. The summed E-state index contributed by atoms with van der Waals surface area (Å²) in [5.41, 5.74) is -0.217. The van der Waals surface area contributed by atoms with Crippen LogP contribution in [0, 0.1) is 17.6 Å². The van der Waals surface area contributed by atoms with E-state index >= 15 is 0 Å². The van der Waals surface area contributed by atoms with Gasteiger partial charge in [0.2, 0.25) is 5.91 Å². The molecule has 0 radical (unpaired) electrons. The van der Waals surface area contributed by atoms with Gasteiger partial charge in [-0.25, -0.2) is 8.78 Å². The average molecular weight is 283 g/mol. The van der Waals surface area contributed by atoms with Crippen LogP contribution in [0.3, 0.4) is 0 Å². The molecule has 1 fully saturated rings. The van der Waals surface area contributed by atoms with Gasteiger partial charge in [0.1, 0.15) is 11.6 Å². The van der Waals surface area contributed by atoms with E-state index in [0.29, 0.717) is 0 Å². The second-order valence-electron chi connectivity index (χ2n) is 5.48. The molecule has 1 aliphatic rings. The second-order valence-corrected chi connectivity index (χ2v) is 5.48. The lowest BCUT2D eigenvalue weighted by molar-refractivity contribution is -0.132. The number of hydrogen-bond donors (Lipinski definition) is 1. The fourth-order valence-corrected chi connectivity index (χ4v) is 2.38. The maximum atomic E-state index is 13.7. The van der Waals surface area contributed by atoms with Crippen LogP contribution in [0.25, 0.3) is 0 Å². The van der Waals surface area contributed by atoms with Gasteiger partial charge in [-0.15, -0.1) is 0 Å². The number of carbonyl (C=O) groups is 1. The van der Waals surface area contributed by atoms with E-state index in [-0.39, 0.29) is 18.0 Å². The van der Waals surface area contributed by atoms with E-state index in [9.17, 15) is 18.7 Å². The van der Waals surface area contributed by atoms with Crippen LogP contribution in [0.2, 0.25) is 0 Å². The van der Waals surface area contributed by atoms with Crippen LogP contribution in [0.5, 0.6) is 0 Å². The van der Waals surface area contributed by atoms with Gasteiger partial charge in [0.15, 0.2) is 0 Å². The van der Waals surface area contributed by atoms with Gasteiger partial charge in [-0.2, -0.15) is 0 Å². The third kappa shape index (κ3) is 3.15. The summed E-state index contributed by atoms with van der Waals surface area (Å²) in [6.07, 6.45) is 1.39. The molecular weight excluding hydrogens is 264 g/mol. The quantitative estimate of drug-likeness (QED) is 0.900. The van der Waals surface area contributed by atoms with Gasteiger partial charge in [0.25, 0.3) is 0 Å². The predicted octanol–water partition coefficient (Wildman–Crippen LogP) is 2.30. The number of carbonyl (C=O) groups excluding carboxylic acids is 1. The highest BCUT2D eigenvalue weighted by Crippen LogP contribution is 2.33. The first-order chi connectivity index (χ1) is 9.41. The Morgan fingerprint density at radius 1 is 1.40 bits per heavy atom. The van der Waals surface area contributed by atoms with Crippen molar-refractivity contribution < 1.29 is 18.7 Å². The zero-order valence-electron chi connectivity index (χ0n) is 11.6. The molecule has 110 valence electrons. The fraction of sp³-hybridized carbons (Fsp3) is 0.533. The number of amides is 1. The Hall–Kier alpha value is -1.49. The smallest absolute Gasteiger partial charge is 0.229 e. The minimum atomic E-state index is -0.910. The summed E-state index contributed by atoms with van der Waals surface area (Å²) in [7, 11) is 1.54. The van der Waals surface area contributed by atoms with Crippen LogP contribution in [0.15, 0.2) is 18.2 Å². The number of aliphatic hydroxyl groups is 1. The van der Waals surface area contributed by atoms with Gasteiger partial charge in [-0.3, -0.25) is 4.79 Å². The first-order valence-corrected chi connectivity index (χ1v) is 6.78. The number of nitrogens with zero attached hydrogens (tertiary/aromatic N) is 1. The van der Waals surface area contributed by atoms with Gasteiger partial charge in [-0.1, -0.05) is 6.07 Å².